The molecule has 0 radical (unpaired) electrons. The van der Waals surface area contributed by atoms with E-state index in [0.717, 1.165) is 19.3 Å². The van der Waals surface area contributed by atoms with Crippen molar-refractivity contribution in [1.29, 1.82) is 0 Å². The van der Waals surface area contributed by atoms with Gasteiger partial charge in [-0.05, 0) is 42.9 Å². The number of morpholine rings is 1. The summed E-state index contributed by atoms with van der Waals surface area (Å²) >= 11 is 0. The van der Waals surface area contributed by atoms with E-state index >= 15 is 0 Å². The monoisotopic (exact) mass is 378 g/mol. The minimum Gasteiger partial charge on any atom is -0.379 e. The zero-order valence-corrected chi connectivity index (χ0v) is 16.3. The number of nitrogens with zero attached hydrogens (tertiary/aromatic N) is 1. The third-order valence-corrected chi connectivity index (χ3v) is 5.27. The van der Waals surface area contributed by atoms with Crippen molar-refractivity contribution < 1.29 is 18.7 Å². The van der Waals surface area contributed by atoms with Crippen LogP contribution in [0.1, 0.15) is 44.7 Å². The van der Waals surface area contributed by atoms with Gasteiger partial charge in [0, 0.05) is 25.7 Å². The number of benzene rings is 1. The van der Waals surface area contributed by atoms with Crippen molar-refractivity contribution in [3.63, 3.8) is 0 Å². The number of hydrogen-bond acceptors (Lipinski definition) is 4. The normalized spacial score (nSPS) is 25.3. The van der Waals surface area contributed by atoms with Gasteiger partial charge >= 0.3 is 0 Å². The highest BCUT2D eigenvalue weighted by atomic mass is 19.1. The highest BCUT2D eigenvalue weighted by molar-refractivity contribution is 5.83. The second-order valence-corrected chi connectivity index (χ2v) is 7.96. The second kappa shape index (κ2) is 9.62. The van der Waals surface area contributed by atoms with E-state index in [0.29, 0.717) is 44.4 Å². The molecule has 0 unspecified atom stereocenters. The van der Waals surface area contributed by atoms with Crippen LogP contribution in [0.2, 0.25) is 0 Å². The molecule has 0 saturated carbocycles. The van der Waals surface area contributed by atoms with E-state index in [2.05, 4.69) is 24.1 Å². The lowest BCUT2D eigenvalue weighted by molar-refractivity contribution is -0.130. The minimum atomic E-state index is -0.490. The summed E-state index contributed by atoms with van der Waals surface area (Å²) in [6, 6.07) is 5.98. The molecule has 6 heteroatoms. The zero-order chi connectivity index (χ0) is 19.2. The van der Waals surface area contributed by atoms with Crippen LogP contribution < -0.4 is 5.32 Å². The van der Waals surface area contributed by atoms with Crippen LogP contribution in [0.25, 0.3) is 0 Å². The van der Waals surface area contributed by atoms with Crippen molar-refractivity contribution in [3.8, 4) is 0 Å². The number of carbonyl (C=O) groups is 1. The van der Waals surface area contributed by atoms with E-state index in [-0.39, 0.29) is 23.9 Å². The van der Waals surface area contributed by atoms with Crippen molar-refractivity contribution in [2.45, 2.75) is 51.3 Å². The molecule has 1 amide bonds. The molecule has 0 aromatic heterocycles. The average Bonchev–Trinajstić information content (AvgIpc) is 2.62. The molecule has 1 aromatic rings. The molecule has 0 spiro atoms. The Kier molecular flexibility index (Phi) is 7.21. The minimum absolute atomic E-state index is 0.0577. The number of amides is 1. The van der Waals surface area contributed by atoms with Crippen LogP contribution in [0.5, 0.6) is 0 Å². The lowest BCUT2D eigenvalue weighted by Gasteiger charge is -2.36. The van der Waals surface area contributed by atoms with E-state index in [1.807, 2.05) is 6.07 Å². The summed E-state index contributed by atoms with van der Waals surface area (Å²) in [5, 5.41) is 3.21. The predicted octanol–water partition coefficient (Wildman–Crippen LogP) is 2.91. The number of rotatable bonds is 6. The summed E-state index contributed by atoms with van der Waals surface area (Å²) in [6.45, 7) is 7.55. The topological polar surface area (TPSA) is 50.8 Å². The van der Waals surface area contributed by atoms with Gasteiger partial charge in [0.15, 0.2) is 0 Å². The predicted molar refractivity (Wildman–Crippen MR) is 102 cm³/mol. The van der Waals surface area contributed by atoms with Crippen molar-refractivity contribution in [2.24, 2.45) is 5.92 Å². The maximum absolute atomic E-state index is 13.8. The molecule has 2 fully saturated rings. The number of ether oxygens (including phenoxy) is 2. The highest BCUT2D eigenvalue weighted by Crippen LogP contribution is 2.25. The Morgan fingerprint density at radius 2 is 2.07 bits per heavy atom. The van der Waals surface area contributed by atoms with Crippen LogP contribution in [-0.2, 0) is 14.3 Å². The zero-order valence-electron chi connectivity index (χ0n) is 16.3. The molecule has 5 nitrogen and oxygen atoms in total. The highest BCUT2D eigenvalue weighted by Gasteiger charge is 2.32. The Morgan fingerprint density at radius 1 is 1.30 bits per heavy atom. The number of carbonyl (C=O) groups excluding carboxylic acids is 1. The molecule has 2 saturated heterocycles. The number of halogens is 1. The molecule has 3 rings (SSSR count). The fraction of sp³-hybridized carbons (Fsp3) is 0.667. The lowest BCUT2D eigenvalue weighted by Crippen LogP contribution is -2.50. The number of hydrogen-bond donors (Lipinski definition) is 1. The summed E-state index contributed by atoms with van der Waals surface area (Å²) in [6.07, 6.45) is 2.85. The molecule has 2 aliphatic heterocycles. The molecule has 2 heterocycles. The van der Waals surface area contributed by atoms with Gasteiger partial charge < -0.3 is 14.8 Å². The van der Waals surface area contributed by atoms with Gasteiger partial charge in [-0.2, -0.15) is 0 Å². The smallest absolute Gasteiger partial charge is 0.242 e. The molecule has 150 valence electrons. The van der Waals surface area contributed by atoms with Crippen LogP contribution in [0, 0.1) is 11.7 Å². The molecular weight excluding hydrogens is 347 g/mol. The van der Waals surface area contributed by atoms with Crippen LogP contribution in [0.4, 0.5) is 4.39 Å². The van der Waals surface area contributed by atoms with Crippen LogP contribution in [-0.4, -0.2) is 55.9 Å². The summed E-state index contributed by atoms with van der Waals surface area (Å²) < 4.78 is 25.1. The fourth-order valence-electron chi connectivity index (χ4n) is 4.02. The SMILES string of the molecule is CC(C)C[C@@H]1C[C@@H](NC(=O)[C@H](c2cccc(F)c2)N2CCOCC2)CCO1. The summed E-state index contributed by atoms with van der Waals surface area (Å²) in [5.41, 5.74) is 0.695. The molecule has 0 aliphatic carbocycles. The maximum Gasteiger partial charge on any atom is 0.242 e. The van der Waals surface area contributed by atoms with E-state index in [1.54, 1.807) is 6.07 Å². The second-order valence-electron chi connectivity index (χ2n) is 7.96. The maximum atomic E-state index is 13.8. The van der Waals surface area contributed by atoms with E-state index < -0.39 is 6.04 Å². The molecule has 27 heavy (non-hydrogen) atoms. The quantitative estimate of drug-likeness (QED) is 0.827. The molecule has 1 N–H and O–H groups in total. The van der Waals surface area contributed by atoms with Crippen molar-refractivity contribution >= 4 is 5.91 Å². The van der Waals surface area contributed by atoms with Gasteiger partial charge in [-0.3, -0.25) is 9.69 Å². The van der Waals surface area contributed by atoms with Crippen molar-refractivity contribution in [3.05, 3.63) is 35.6 Å². The van der Waals surface area contributed by atoms with E-state index in [9.17, 15) is 9.18 Å². The van der Waals surface area contributed by atoms with Gasteiger partial charge in [0.25, 0.3) is 0 Å². The van der Waals surface area contributed by atoms with Crippen molar-refractivity contribution in [1.82, 2.24) is 10.2 Å². The van der Waals surface area contributed by atoms with Gasteiger partial charge in [0.05, 0.1) is 19.3 Å². The Balaban J connectivity index is 1.70. The van der Waals surface area contributed by atoms with Gasteiger partial charge in [0.2, 0.25) is 5.91 Å². The van der Waals surface area contributed by atoms with Crippen molar-refractivity contribution in [2.75, 3.05) is 32.9 Å². The first kappa shape index (κ1) is 20.2. The van der Waals surface area contributed by atoms with Crippen LogP contribution in [0.3, 0.4) is 0 Å². The summed E-state index contributed by atoms with van der Waals surface area (Å²) in [7, 11) is 0. The molecule has 0 bridgehead atoms. The molecule has 1 aromatic carbocycles. The Hall–Kier alpha value is -1.50. The van der Waals surface area contributed by atoms with Gasteiger partial charge in [-0.25, -0.2) is 4.39 Å². The fourth-order valence-corrected chi connectivity index (χ4v) is 4.02. The third kappa shape index (κ3) is 5.74. The van der Waals surface area contributed by atoms with Crippen LogP contribution >= 0.6 is 0 Å². The molecular formula is C21H31FN2O3. The third-order valence-electron chi connectivity index (χ3n) is 5.27. The lowest BCUT2D eigenvalue weighted by atomic mass is 9.95. The van der Waals surface area contributed by atoms with Crippen LogP contribution in [0.15, 0.2) is 24.3 Å². The standard InChI is InChI=1S/C21H31FN2O3/c1-15(2)12-19-14-18(6-9-27-19)23-21(25)20(24-7-10-26-11-8-24)16-4-3-5-17(22)13-16/h3-5,13,15,18-20H,6-12,14H2,1-2H3,(H,23,25)/t18-,19+,20-/m0/s1. The van der Waals surface area contributed by atoms with Gasteiger partial charge in [0.1, 0.15) is 11.9 Å². The first-order chi connectivity index (χ1) is 13.0. The Morgan fingerprint density at radius 3 is 2.78 bits per heavy atom. The first-order valence-corrected chi connectivity index (χ1v) is 10.0. The van der Waals surface area contributed by atoms with Gasteiger partial charge in [-0.1, -0.05) is 26.0 Å². The van der Waals surface area contributed by atoms with Gasteiger partial charge in [-0.15, -0.1) is 0 Å². The molecule has 2 aliphatic rings. The summed E-state index contributed by atoms with van der Waals surface area (Å²) in [4.78, 5) is 15.3. The summed E-state index contributed by atoms with van der Waals surface area (Å²) in [5.74, 6) is 0.192. The largest absolute Gasteiger partial charge is 0.379 e. The van der Waals surface area contributed by atoms with E-state index in [1.165, 1.54) is 12.1 Å². The Labute approximate surface area is 161 Å². The molecule has 3 atom stereocenters. The average molecular weight is 378 g/mol. The Bertz CT molecular complexity index is 619. The first-order valence-electron chi connectivity index (χ1n) is 10.0. The number of nitrogens with one attached hydrogen (secondary N) is 1. The van der Waals surface area contributed by atoms with E-state index in [4.69, 9.17) is 9.47 Å².